The smallest absolute Gasteiger partial charge is 0.335 e. The van der Waals surface area contributed by atoms with Crippen LogP contribution in [0.4, 0.5) is 0 Å². The molecule has 116 valence electrons. The molecule has 0 bridgehead atoms. The van der Waals surface area contributed by atoms with Crippen molar-refractivity contribution in [1.29, 1.82) is 0 Å². The Labute approximate surface area is 131 Å². The first-order valence-electron chi connectivity index (χ1n) is 6.50. The fourth-order valence-corrected chi connectivity index (χ4v) is 4.30. The van der Waals surface area contributed by atoms with Crippen molar-refractivity contribution in [3.8, 4) is 0 Å². The summed E-state index contributed by atoms with van der Waals surface area (Å²) in [4.78, 5) is 10.9. The van der Waals surface area contributed by atoms with Gasteiger partial charge in [-0.15, -0.1) is 0 Å². The zero-order valence-corrected chi connectivity index (χ0v) is 13.6. The Kier molecular flexibility index (Phi) is 5.37. The van der Waals surface area contributed by atoms with Crippen LogP contribution in [-0.2, 0) is 14.8 Å². The molecule has 2 rings (SSSR count). The topological polar surface area (TPSA) is 92.7 Å². The molecule has 0 spiro atoms. The minimum Gasteiger partial charge on any atom is -0.478 e. The third-order valence-electron chi connectivity index (χ3n) is 3.37. The first kappa shape index (κ1) is 16.4. The minimum atomic E-state index is -3.66. The van der Waals surface area contributed by atoms with Crippen LogP contribution in [-0.4, -0.2) is 39.3 Å². The number of sulfonamides is 1. The van der Waals surface area contributed by atoms with Crippen molar-refractivity contribution in [3.05, 3.63) is 28.2 Å². The maximum atomic E-state index is 12.3. The molecule has 1 heterocycles. The summed E-state index contributed by atoms with van der Waals surface area (Å²) < 4.78 is 32.6. The van der Waals surface area contributed by atoms with E-state index in [1.807, 2.05) is 0 Å². The average molecular weight is 378 g/mol. The van der Waals surface area contributed by atoms with Crippen LogP contribution in [0.25, 0.3) is 0 Å². The molecular formula is C13H16BrNO5S. The Morgan fingerprint density at radius 2 is 2.05 bits per heavy atom. The maximum absolute atomic E-state index is 12.3. The number of nitrogens with one attached hydrogen (secondary N) is 1. The average Bonchev–Trinajstić information content (AvgIpc) is 2.46. The standard InChI is InChI=1S/C13H16BrNO5S/c14-11-7-10(13(16)17)1-2-12(11)21(18,19)15-8-9-3-5-20-6-4-9/h1-2,7,9,15H,3-6,8H2,(H,16,17). The zero-order valence-electron chi connectivity index (χ0n) is 11.2. The van der Waals surface area contributed by atoms with Crippen LogP contribution in [0.5, 0.6) is 0 Å². The first-order chi connectivity index (χ1) is 9.90. The van der Waals surface area contributed by atoms with Gasteiger partial charge < -0.3 is 9.84 Å². The van der Waals surface area contributed by atoms with E-state index in [4.69, 9.17) is 9.84 Å². The van der Waals surface area contributed by atoms with Gasteiger partial charge in [0.2, 0.25) is 10.0 Å². The predicted molar refractivity (Wildman–Crippen MR) is 79.8 cm³/mol. The van der Waals surface area contributed by atoms with Gasteiger partial charge in [-0.2, -0.15) is 0 Å². The van der Waals surface area contributed by atoms with Gasteiger partial charge in [0.1, 0.15) is 0 Å². The molecule has 0 aromatic heterocycles. The lowest BCUT2D eigenvalue weighted by atomic mass is 10.0. The van der Waals surface area contributed by atoms with Gasteiger partial charge in [-0.3, -0.25) is 0 Å². The Morgan fingerprint density at radius 3 is 2.62 bits per heavy atom. The Morgan fingerprint density at radius 1 is 1.38 bits per heavy atom. The van der Waals surface area contributed by atoms with Crippen molar-refractivity contribution in [2.45, 2.75) is 17.7 Å². The van der Waals surface area contributed by atoms with E-state index in [9.17, 15) is 13.2 Å². The van der Waals surface area contributed by atoms with E-state index in [0.29, 0.717) is 19.8 Å². The number of ether oxygens (including phenoxy) is 1. The Hall–Kier alpha value is -0.960. The van der Waals surface area contributed by atoms with E-state index in [1.165, 1.54) is 18.2 Å². The van der Waals surface area contributed by atoms with Crippen LogP contribution in [0.3, 0.4) is 0 Å². The van der Waals surface area contributed by atoms with E-state index < -0.39 is 16.0 Å². The van der Waals surface area contributed by atoms with Gasteiger partial charge >= 0.3 is 5.97 Å². The summed E-state index contributed by atoms with van der Waals surface area (Å²) in [6.45, 7) is 1.67. The van der Waals surface area contributed by atoms with Crippen LogP contribution in [0, 0.1) is 5.92 Å². The molecule has 21 heavy (non-hydrogen) atoms. The number of hydrogen-bond donors (Lipinski definition) is 2. The van der Waals surface area contributed by atoms with Gasteiger partial charge in [0.25, 0.3) is 0 Å². The normalized spacial score (nSPS) is 16.8. The highest BCUT2D eigenvalue weighted by atomic mass is 79.9. The largest absolute Gasteiger partial charge is 0.478 e. The van der Waals surface area contributed by atoms with Crippen LogP contribution < -0.4 is 4.72 Å². The lowest BCUT2D eigenvalue weighted by Crippen LogP contribution is -2.32. The third kappa shape index (κ3) is 4.26. The molecule has 0 radical (unpaired) electrons. The number of carboxylic acid groups (broad SMARTS) is 1. The molecule has 1 aliphatic heterocycles. The summed E-state index contributed by atoms with van der Waals surface area (Å²) in [6, 6.07) is 3.85. The second kappa shape index (κ2) is 6.87. The van der Waals surface area contributed by atoms with Gasteiger partial charge in [-0.05, 0) is 52.9 Å². The summed E-state index contributed by atoms with van der Waals surface area (Å²) in [7, 11) is -3.66. The minimum absolute atomic E-state index is 0.0326. The zero-order chi connectivity index (χ0) is 15.5. The maximum Gasteiger partial charge on any atom is 0.335 e. The highest BCUT2D eigenvalue weighted by Gasteiger charge is 2.21. The lowest BCUT2D eigenvalue weighted by molar-refractivity contribution is 0.0678. The summed E-state index contributed by atoms with van der Waals surface area (Å²) in [5.41, 5.74) is 0.0326. The summed E-state index contributed by atoms with van der Waals surface area (Å²) in [5.74, 6) is -0.833. The number of carboxylic acids is 1. The fraction of sp³-hybridized carbons (Fsp3) is 0.462. The molecular weight excluding hydrogens is 362 g/mol. The van der Waals surface area contributed by atoms with Crippen molar-refractivity contribution in [2.75, 3.05) is 19.8 Å². The summed E-state index contributed by atoms with van der Waals surface area (Å²) in [5, 5.41) is 8.88. The number of rotatable bonds is 5. The van der Waals surface area contributed by atoms with Crippen molar-refractivity contribution >= 4 is 31.9 Å². The molecule has 0 saturated carbocycles. The monoisotopic (exact) mass is 377 g/mol. The van der Waals surface area contributed by atoms with Gasteiger partial charge in [0.15, 0.2) is 0 Å². The quantitative estimate of drug-likeness (QED) is 0.816. The molecule has 0 amide bonds. The Bertz CT molecular complexity index is 625. The molecule has 1 aromatic rings. The van der Waals surface area contributed by atoms with Gasteiger partial charge in [-0.25, -0.2) is 17.9 Å². The van der Waals surface area contributed by atoms with Crippen LogP contribution in [0.2, 0.25) is 0 Å². The van der Waals surface area contributed by atoms with Crippen LogP contribution in [0.15, 0.2) is 27.6 Å². The number of aromatic carboxylic acids is 1. The molecule has 8 heteroatoms. The van der Waals surface area contributed by atoms with Crippen molar-refractivity contribution < 1.29 is 23.1 Å². The van der Waals surface area contributed by atoms with E-state index in [0.717, 1.165) is 12.8 Å². The number of hydrogen-bond acceptors (Lipinski definition) is 4. The molecule has 1 fully saturated rings. The number of benzene rings is 1. The third-order valence-corrected chi connectivity index (χ3v) is 5.77. The van der Waals surface area contributed by atoms with Gasteiger partial charge in [-0.1, -0.05) is 0 Å². The molecule has 0 unspecified atom stereocenters. The highest BCUT2D eigenvalue weighted by Crippen LogP contribution is 2.24. The second-order valence-corrected chi connectivity index (χ2v) is 7.45. The van der Waals surface area contributed by atoms with Crippen molar-refractivity contribution in [1.82, 2.24) is 4.72 Å². The predicted octanol–water partition coefficient (Wildman–Crippen LogP) is 1.85. The van der Waals surface area contributed by atoms with Crippen molar-refractivity contribution in [3.63, 3.8) is 0 Å². The molecule has 6 nitrogen and oxygen atoms in total. The molecule has 1 aliphatic rings. The summed E-state index contributed by atoms with van der Waals surface area (Å²) in [6.07, 6.45) is 1.67. The molecule has 2 N–H and O–H groups in total. The highest BCUT2D eigenvalue weighted by molar-refractivity contribution is 9.10. The first-order valence-corrected chi connectivity index (χ1v) is 8.78. The molecule has 1 aromatic carbocycles. The molecule has 0 atom stereocenters. The fourth-order valence-electron chi connectivity index (χ4n) is 2.11. The van der Waals surface area contributed by atoms with Crippen LogP contribution in [0.1, 0.15) is 23.2 Å². The van der Waals surface area contributed by atoms with E-state index in [2.05, 4.69) is 20.7 Å². The van der Waals surface area contributed by atoms with Crippen molar-refractivity contribution in [2.24, 2.45) is 5.92 Å². The number of halogens is 1. The van der Waals surface area contributed by atoms with E-state index in [-0.39, 0.29) is 20.8 Å². The van der Waals surface area contributed by atoms with Crippen LogP contribution >= 0.6 is 15.9 Å². The van der Waals surface area contributed by atoms with E-state index in [1.54, 1.807) is 0 Å². The van der Waals surface area contributed by atoms with E-state index >= 15 is 0 Å². The lowest BCUT2D eigenvalue weighted by Gasteiger charge is -2.22. The summed E-state index contributed by atoms with van der Waals surface area (Å²) >= 11 is 3.11. The second-order valence-electron chi connectivity index (χ2n) is 4.86. The SMILES string of the molecule is O=C(O)c1ccc(S(=O)(=O)NCC2CCOCC2)c(Br)c1. The Balaban J connectivity index is 2.10. The molecule has 1 saturated heterocycles. The van der Waals surface area contributed by atoms with Gasteiger partial charge in [0.05, 0.1) is 10.5 Å². The molecule has 0 aliphatic carbocycles. The number of carbonyl (C=O) groups is 1. The van der Waals surface area contributed by atoms with Gasteiger partial charge in [0, 0.05) is 24.2 Å².